The van der Waals surface area contributed by atoms with Gasteiger partial charge >= 0.3 is 0 Å². The zero-order chi connectivity index (χ0) is 17.9. The lowest BCUT2D eigenvalue weighted by atomic mass is 9.83. The van der Waals surface area contributed by atoms with E-state index in [1.165, 1.54) is 11.6 Å². The van der Waals surface area contributed by atoms with Crippen molar-refractivity contribution in [2.24, 2.45) is 5.92 Å². The van der Waals surface area contributed by atoms with Crippen molar-refractivity contribution in [3.63, 3.8) is 0 Å². The Morgan fingerprint density at radius 3 is 2.88 bits per heavy atom. The van der Waals surface area contributed by atoms with Crippen molar-refractivity contribution in [2.45, 2.75) is 38.3 Å². The third-order valence-corrected chi connectivity index (χ3v) is 5.80. The van der Waals surface area contributed by atoms with E-state index in [1.54, 1.807) is 24.5 Å². The molecule has 4 nitrogen and oxygen atoms in total. The lowest BCUT2D eigenvalue weighted by molar-refractivity contribution is -0.134. The first-order valence-corrected chi connectivity index (χ1v) is 9.47. The molecular formula is C21H25FN2O2. The molecule has 2 atom stereocenters. The molecule has 138 valence electrons. The molecule has 2 aliphatic rings. The molecule has 1 aromatic carbocycles. The first-order valence-electron chi connectivity index (χ1n) is 9.47. The number of hydrogen-bond acceptors (Lipinski definition) is 3. The average molecular weight is 356 g/mol. The summed E-state index contributed by atoms with van der Waals surface area (Å²) in [5, 5.41) is 0. The average Bonchev–Trinajstić information content (AvgIpc) is 3.16. The summed E-state index contributed by atoms with van der Waals surface area (Å²) in [7, 11) is 0. The fourth-order valence-electron chi connectivity index (χ4n) is 4.46. The molecule has 0 bridgehead atoms. The standard InChI is InChI=1S/C21H25FN2O2/c22-19-6-2-1-4-17(19)12-21(25)24-10-7-20-18(14-24)5-3-9-23(20)13-16-8-11-26-15-16/h1-2,4,6,8,11,15,18,20H,3,5,7,9-10,12-14H2/t18-,20+/m1/s1. The second kappa shape index (κ2) is 7.62. The van der Waals surface area contributed by atoms with Crippen LogP contribution in [-0.4, -0.2) is 41.4 Å². The van der Waals surface area contributed by atoms with E-state index in [9.17, 15) is 9.18 Å². The molecule has 2 fully saturated rings. The van der Waals surface area contributed by atoms with Crippen LogP contribution in [0, 0.1) is 11.7 Å². The van der Waals surface area contributed by atoms with Crippen LogP contribution in [0.25, 0.3) is 0 Å². The molecule has 5 heteroatoms. The van der Waals surface area contributed by atoms with Gasteiger partial charge in [-0.1, -0.05) is 18.2 Å². The zero-order valence-electron chi connectivity index (χ0n) is 14.9. The summed E-state index contributed by atoms with van der Waals surface area (Å²) in [5.74, 6) is 0.258. The maximum absolute atomic E-state index is 13.8. The first kappa shape index (κ1) is 17.3. The normalized spacial score (nSPS) is 23.7. The largest absolute Gasteiger partial charge is 0.472 e. The first-order chi connectivity index (χ1) is 12.7. The number of fused-ring (bicyclic) bond motifs is 1. The Balaban J connectivity index is 1.38. The Morgan fingerprint density at radius 2 is 2.08 bits per heavy atom. The van der Waals surface area contributed by atoms with Gasteiger partial charge in [0, 0.05) is 31.2 Å². The molecule has 1 aromatic heterocycles. The van der Waals surface area contributed by atoms with Gasteiger partial charge in [0.15, 0.2) is 0 Å². The lowest BCUT2D eigenvalue weighted by Crippen LogP contribution is -2.55. The third-order valence-electron chi connectivity index (χ3n) is 5.80. The molecule has 2 aromatic rings. The minimum Gasteiger partial charge on any atom is -0.472 e. The Bertz CT molecular complexity index is 746. The molecule has 0 unspecified atom stereocenters. The fourth-order valence-corrected chi connectivity index (χ4v) is 4.46. The van der Waals surface area contributed by atoms with Gasteiger partial charge in [0.05, 0.1) is 18.9 Å². The zero-order valence-corrected chi connectivity index (χ0v) is 14.9. The number of nitrogens with zero attached hydrogens (tertiary/aromatic N) is 2. The minimum absolute atomic E-state index is 0.0421. The van der Waals surface area contributed by atoms with Gasteiger partial charge in [-0.15, -0.1) is 0 Å². The van der Waals surface area contributed by atoms with E-state index in [-0.39, 0.29) is 18.1 Å². The van der Waals surface area contributed by atoms with Crippen LogP contribution >= 0.6 is 0 Å². The topological polar surface area (TPSA) is 36.7 Å². The highest BCUT2D eigenvalue weighted by Gasteiger charge is 2.37. The van der Waals surface area contributed by atoms with Crippen molar-refractivity contribution in [1.29, 1.82) is 0 Å². The van der Waals surface area contributed by atoms with Gasteiger partial charge in [-0.25, -0.2) is 4.39 Å². The SMILES string of the molecule is O=C(Cc1ccccc1F)N1CC[C@H]2[C@H](CCCN2Cc2ccoc2)C1. The van der Waals surface area contributed by atoms with Crippen LogP contribution in [0.15, 0.2) is 47.3 Å². The summed E-state index contributed by atoms with van der Waals surface area (Å²) < 4.78 is 19.0. The summed E-state index contributed by atoms with van der Waals surface area (Å²) in [6.07, 6.45) is 7.01. The van der Waals surface area contributed by atoms with Crippen LogP contribution < -0.4 is 0 Å². The number of piperidine rings is 2. The molecule has 0 spiro atoms. The lowest BCUT2D eigenvalue weighted by Gasteiger charge is -2.47. The Hall–Kier alpha value is -2.14. The molecule has 0 aliphatic carbocycles. The van der Waals surface area contributed by atoms with Crippen molar-refractivity contribution < 1.29 is 13.6 Å². The van der Waals surface area contributed by atoms with Gasteiger partial charge in [-0.05, 0) is 49.4 Å². The van der Waals surface area contributed by atoms with E-state index in [0.717, 1.165) is 45.4 Å². The molecule has 0 N–H and O–H groups in total. The highest BCUT2D eigenvalue weighted by Crippen LogP contribution is 2.32. The second-order valence-corrected chi connectivity index (χ2v) is 7.47. The molecule has 26 heavy (non-hydrogen) atoms. The Labute approximate surface area is 153 Å². The van der Waals surface area contributed by atoms with Crippen LogP contribution in [0.2, 0.25) is 0 Å². The van der Waals surface area contributed by atoms with E-state index in [4.69, 9.17) is 4.42 Å². The van der Waals surface area contributed by atoms with Gasteiger partial charge in [0.2, 0.25) is 5.91 Å². The number of halogens is 1. The minimum atomic E-state index is -0.292. The molecular weight excluding hydrogens is 331 g/mol. The molecule has 0 radical (unpaired) electrons. The number of rotatable bonds is 4. The molecule has 2 saturated heterocycles. The van der Waals surface area contributed by atoms with Crippen molar-refractivity contribution in [1.82, 2.24) is 9.80 Å². The Kier molecular flexibility index (Phi) is 5.07. The molecule has 4 rings (SSSR count). The number of likely N-dealkylation sites (tertiary alicyclic amines) is 2. The maximum Gasteiger partial charge on any atom is 0.227 e. The molecule has 1 amide bonds. The van der Waals surface area contributed by atoms with Crippen LogP contribution in [0.3, 0.4) is 0 Å². The van der Waals surface area contributed by atoms with E-state index < -0.39 is 0 Å². The highest BCUT2D eigenvalue weighted by molar-refractivity contribution is 5.79. The highest BCUT2D eigenvalue weighted by atomic mass is 19.1. The summed E-state index contributed by atoms with van der Waals surface area (Å²) in [6.45, 7) is 3.58. The van der Waals surface area contributed by atoms with E-state index in [2.05, 4.69) is 4.90 Å². The number of amides is 1. The summed E-state index contributed by atoms with van der Waals surface area (Å²) >= 11 is 0. The number of carbonyl (C=O) groups excluding carboxylic acids is 1. The second-order valence-electron chi connectivity index (χ2n) is 7.47. The van der Waals surface area contributed by atoms with Gasteiger partial charge in [0.25, 0.3) is 0 Å². The van der Waals surface area contributed by atoms with E-state index >= 15 is 0 Å². The molecule has 2 aliphatic heterocycles. The predicted molar refractivity (Wildman–Crippen MR) is 96.9 cm³/mol. The van der Waals surface area contributed by atoms with Gasteiger partial charge in [0.1, 0.15) is 5.82 Å². The Morgan fingerprint density at radius 1 is 1.19 bits per heavy atom. The van der Waals surface area contributed by atoms with E-state index in [1.807, 2.05) is 17.2 Å². The van der Waals surface area contributed by atoms with Crippen LogP contribution in [-0.2, 0) is 17.8 Å². The van der Waals surface area contributed by atoms with Crippen molar-refractivity contribution in [2.75, 3.05) is 19.6 Å². The number of benzene rings is 1. The van der Waals surface area contributed by atoms with E-state index in [0.29, 0.717) is 17.5 Å². The van der Waals surface area contributed by atoms with Crippen LogP contribution in [0.5, 0.6) is 0 Å². The van der Waals surface area contributed by atoms with Gasteiger partial charge < -0.3 is 9.32 Å². The number of furan rings is 1. The summed E-state index contributed by atoms with van der Waals surface area (Å²) in [6, 6.07) is 9.11. The number of carbonyl (C=O) groups is 1. The smallest absolute Gasteiger partial charge is 0.227 e. The van der Waals surface area contributed by atoms with Crippen molar-refractivity contribution >= 4 is 5.91 Å². The third kappa shape index (κ3) is 3.68. The summed E-state index contributed by atoms with van der Waals surface area (Å²) in [5.41, 5.74) is 1.70. The number of hydrogen-bond donors (Lipinski definition) is 0. The van der Waals surface area contributed by atoms with Gasteiger partial charge in [-0.2, -0.15) is 0 Å². The summed E-state index contributed by atoms with van der Waals surface area (Å²) in [4.78, 5) is 17.1. The fraction of sp³-hybridized carbons (Fsp3) is 0.476. The van der Waals surface area contributed by atoms with Crippen molar-refractivity contribution in [3.8, 4) is 0 Å². The molecule has 3 heterocycles. The van der Waals surface area contributed by atoms with Crippen LogP contribution in [0.1, 0.15) is 30.4 Å². The van der Waals surface area contributed by atoms with Crippen LogP contribution in [0.4, 0.5) is 4.39 Å². The molecule has 0 saturated carbocycles. The quantitative estimate of drug-likeness (QED) is 0.842. The maximum atomic E-state index is 13.8. The monoisotopic (exact) mass is 356 g/mol. The predicted octanol–water partition coefficient (Wildman–Crippen LogP) is 3.47. The van der Waals surface area contributed by atoms with Crippen molar-refractivity contribution in [3.05, 3.63) is 59.8 Å². The van der Waals surface area contributed by atoms with Gasteiger partial charge in [-0.3, -0.25) is 9.69 Å².